The number of rotatable bonds is 8. The highest BCUT2D eigenvalue weighted by Gasteiger charge is 2.46. The zero-order chi connectivity index (χ0) is 75.0. The molecular weight excluding hydrogens is 1580 g/mol. The molecule has 6 nitrogen and oxygen atoms in total. The molecule has 1 amide bonds. The fourth-order valence-corrected chi connectivity index (χ4v) is 9.87. The van der Waals surface area contributed by atoms with E-state index in [1.807, 2.05) is 143 Å². The zero-order valence-corrected chi connectivity index (χ0v) is 64.9. The molecule has 2 heterocycles. The summed E-state index contributed by atoms with van der Waals surface area (Å²) in [5, 5.41) is 4.78. The van der Waals surface area contributed by atoms with Crippen LogP contribution in [0.15, 0.2) is 198 Å². The second-order valence-corrected chi connectivity index (χ2v) is 22.0. The predicted octanol–water partition coefficient (Wildman–Crippen LogP) is 19.3. The van der Waals surface area contributed by atoms with Gasteiger partial charge in [0.2, 0.25) is 35.1 Å². The molecule has 9 heteroatoms. The van der Waals surface area contributed by atoms with Crippen molar-refractivity contribution in [3.8, 4) is 262 Å². The van der Waals surface area contributed by atoms with Crippen molar-refractivity contribution in [1.29, 1.82) is 0 Å². The molecule has 0 saturated carbocycles. The lowest BCUT2D eigenvalue weighted by Crippen LogP contribution is -3.00. The number of hydrogen-bond acceptors (Lipinski definition) is 3. The van der Waals surface area contributed by atoms with Crippen molar-refractivity contribution < 1.29 is 125 Å². The number of carbonyl (C=O) groups is 1. The first-order chi connectivity index (χ1) is 52.0. The number of nitrogens with zero attached hydrogens (tertiary/aromatic N) is 5. The average molecular weight is 1720 g/mol. The van der Waals surface area contributed by atoms with Gasteiger partial charge in [-0.2, -0.15) is 0 Å². The minimum atomic E-state index is -0.377. The molecule has 7 aromatic carbocycles. The molecule has 596 valence electrons. The van der Waals surface area contributed by atoms with Gasteiger partial charge in [0.05, 0.1) is 34.0 Å². The van der Waals surface area contributed by atoms with Crippen LogP contribution in [0.2, 0.25) is 0 Å². The number of hydrogen-bond donors (Lipinski definition) is 0. The number of benzene rings is 7. The van der Waals surface area contributed by atoms with Crippen molar-refractivity contribution in [3.63, 3.8) is 0 Å². The fraction of sp³-hybridized carbons (Fsp3) is 0.0900. The Morgan fingerprint density at radius 3 is 1.08 bits per heavy atom. The molecule has 0 fully saturated rings. The Bertz CT molecular complexity index is 6470. The number of allylic oxidation sites excluding steroid dienone is 3. The number of anilines is 1. The Kier molecular flexibility index (Phi) is 39.0. The minimum absolute atomic E-state index is 0. The van der Waals surface area contributed by atoms with Crippen LogP contribution in [0.5, 0.6) is 0 Å². The van der Waals surface area contributed by atoms with Crippen LogP contribution in [-0.4, -0.2) is 38.9 Å². The SMILES string of the molecule is C#CC#CC#CC#CC#CC#CC#CC#CC#CC#CC#C[N+]1=C(/C=C/C=C/N(C(C)=O)c2ccccc2)C(C)(C)c2c1ccc1ccccc21.C#CC#CC#CC#CC#CC#CC#CC#CC#CC#CC#C[N+]1=C(C)C(C)(C)c2c1ccc1ccccc21.C(CC=Nc1ccccc1)=Nc1ccccc1.Cl.[HH].[HH].[HH].[HH].[HH].[HH].[HH].[HH].[HH].[HH].[HH].[HH].[HH].[HH].[HH].[HH].[HH].[HH].[HH].[HH].[HH].[HH].[HH].[HH].[HH].[HH].[HH].[HH].[HH].[HH].[HH].[HH].[HH].[HH].[HH].[HH].[HH].[HH].[HH].[HH].[HH].[HH].[HH].[HH].[I-].[I-]. The van der Waals surface area contributed by atoms with E-state index in [2.05, 4.69) is 354 Å². The van der Waals surface area contributed by atoms with Crippen molar-refractivity contribution in [2.24, 2.45) is 9.98 Å². The number of fused-ring (bicyclic) bond motifs is 6. The van der Waals surface area contributed by atoms with Gasteiger partial charge in [-0.1, -0.05) is 109 Å². The predicted molar refractivity (Wildman–Crippen MR) is 535 cm³/mol. The summed E-state index contributed by atoms with van der Waals surface area (Å²) in [5.41, 5.74) is 8.90. The van der Waals surface area contributed by atoms with Crippen LogP contribution in [-0.2, 0) is 15.6 Å². The van der Waals surface area contributed by atoms with Crippen LogP contribution >= 0.6 is 12.4 Å². The van der Waals surface area contributed by atoms with Crippen LogP contribution in [0.25, 0.3) is 21.5 Å². The quantitative estimate of drug-likeness (QED) is 0.0492. The lowest BCUT2D eigenvalue weighted by molar-refractivity contribution is -0.334. The maximum absolute atomic E-state index is 12.3. The van der Waals surface area contributed by atoms with Crippen LogP contribution in [0, 0.1) is 262 Å². The average Bonchev–Trinajstić information content (AvgIpc) is 1.58. The first kappa shape index (κ1) is 86.2. The maximum Gasteiger partial charge on any atom is 0.243 e. The number of terminal acetylenes is 2. The number of halogens is 3. The van der Waals surface area contributed by atoms with Gasteiger partial charge >= 0.3 is 0 Å². The highest BCUT2D eigenvalue weighted by atomic mass is 127. The first-order valence-corrected chi connectivity index (χ1v) is 32.1. The van der Waals surface area contributed by atoms with E-state index in [-0.39, 0.29) is 140 Å². The molecule has 0 saturated heterocycles. The van der Waals surface area contributed by atoms with Crippen LogP contribution < -0.4 is 52.9 Å². The highest BCUT2D eigenvalue weighted by Crippen LogP contribution is 2.45. The number of para-hydroxylation sites is 3. The standard InChI is InChI=1S/C48H25N2O.C37H16N.C15H14N2.ClH.2HI.44H2/c1-5-6-7-8-9-10-11-12-13-14-15-16-17-18-19-20-21-22-23-30-40-50-45-38-37-42-32-27-28-35-44(42)47(45)48(3,4)46(50)36-29-31-39-49(41(2)51)43-33-25-24-26-34-43;1-5-6-7-8-9-10-11-12-13-14-15-16-17-18-19-20-21-22-23-26-31-38-32(2)37(3,4)36-34-28-25-24-27-33(34)29-30-35(36)38;1-3-8-14(9-4-1)16-12-7-13-17-15-10-5-2-6-11-15;;;;;;;;;;;;;;;;;;;;;;;;;;;;;;;;;;;;;;;;;;;;;;;/h1,24-29,31-39H,2-4H3;1,24-25,27-30H,2-4H3;1-6,8-13H,7H2;47*1H/q2*+1;;;;;;;;;;;;;;;;;;;;;;;;;;;;;;;;;;;;;;;;;;;;;;;;/p-2. The largest absolute Gasteiger partial charge is 1.00 e. The van der Waals surface area contributed by atoms with Crippen LogP contribution in [0.3, 0.4) is 0 Å². The first-order valence-electron chi connectivity index (χ1n) is 32.1. The second kappa shape index (κ2) is 49.4. The van der Waals surface area contributed by atoms with E-state index in [4.69, 9.17) is 12.8 Å². The Balaban J connectivity index is -0.0000000290. The Labute approximate surface area is 748 Å². The van der Waals surface area contributed by atoms with Gasteiger partial charge in [-0.25, -0.2) is 0 Å². The summed E-state index contributed by atoms with van der Waals surface area (Å²) in [6.45, 7) is 12.4. The van der Waals surface area contributed by atoms with Gasteiger partial charge in [-0.15, -0.1) is 34.4 Å². The molecule has 0 aromatic heterocycles. The second-order valence-electron chi connectivity index (χ2n) is 22.0. The number of amides is 1. The summed E-state index contributed by atoms with van der Waals surface area (Å²) in [6, 6.07) is 60.8. The summed E-state index contributed by atoms with van der Waals surface area (Å²) >= 11 is 0. The monoisotopic (exact) mass is 1720 g/mol. The van der Waals surface area contributed by atoms with Gasteiger partial charge in [-0.05, 0) is 199 Å². The summed E-state index contributed by atoms with van der Waals surface area (Å²) in [6.07, 6.45) is 21.9. The van der Waals surface area contributed by atoms with Gasteiger partial charge in [0, 0.05) is 267 Å². The van der Waals surface area contributed by atoms with Crippen molar-refractivity contribution in [2.75, 3.05) is 4.90 Å². The topological polar surface area (TPSA) is 51.0 Å². The maximum atomic E-state index is 12.3. The highest BCUT2D eigenvalue weighted by molar-refractivity contribution is 6.08. The van der Waals surface area contributed by atoms with Crippen molar-refractivity contribution >= 4 is 92.1 Å². The lowest BCUT2D eigenvalue weighted by Gasteiger charge is -2.17. The molecular formula is C100H144ClI2N5O. The van der Waals surface area contributed by atoms with Crippen molar-refractivity contribution in [1.82, 2.24) is 0 Å². The van der Waals surface area contributed by atoms with E-state index in [0.29, 0.717) is 0 Å². The molecule has 7 aromatic rings. The molecule has 0 radical (unpaired) electrons. The summed E-state index contributed by atoms with van der Waals surface area (Å²) in [7, 11) is 0. The summed E-state index contributed by atoms with van der Waals surface area (Å²) in [5.74, 6) is 102. The van der Waals surface area contributed by atoms with Crippen LogP contribution in [0.4, 0.5) is 28.4 Å². The zero-order valence-electron chi connectivity index (χ0n) is 59.7. The molecule has 2 aliphatic heterocycles. The van der Waals surface area contributed by atoms with E-state index < -0.39 is 0 Å². The molecule has 0 N–H and O–H groups in total. The van der Waals surface area contributed by atoms with Crippen molar-refractivity contribution in [2.45, 2.75) is 58.8 Å². The normalized spacial score (nSPS) is 10.2. The third kappa shape index (κ3) is 28.5. The Morgan fingerprint density at radius 2 is 0.716 bits per heavy atom. The molecule has 0 spiro atoms. The summed E-state index contributed by atoms with van der Waals surface area (Å²) in [4.78, 5) is 22.6. The molecule has 0 bridgehead atoms. The third-order valence-corrected chi connectivity index (χ3v) is 14.6. The number of aliphatic imine (C=N–C) groups is 2. The van der Waals surface area contributed by atoms with E-state index in [1.165, 1.54) is 28.8 Å². The van der Waals surface area contributed by atoms with Gasteiger partial charge in [0.1, 0.15) is 0 Å². The molecule has 0 aliphatic carbocycles. The molecule has 0 atom stereocenters. The molecule has 109 heavy (non-hydrogen) atoms. The summed E-state index contributed by atoms with van der Waals surface area (Å²) < 4.78 is 3.98. The smallest absolute Gasteiger partial charge is 0.243 e. The minimum Gasteiger partial charge on any atom is -1.00 e. The van der Waals surface area contributed by atoms with Gasteiger partial charge in [0.15, 0.2) is 5.71 Å². The number of carbonyl (C=O) groups excluding carboxylic acids is 1. The Morgan fingerprint density at radius 1 is 0.404 bits per heavy atom. The van der Waals surface area contributed by atoms with E-state index in [1.54, 1.807) is 11.1 Å². The van der Waals surface area contributed by atoms with Gasteiger partial charge < -0.3 is 48.0 Å². The van der Waals surface area contributed by atoms with Gasteiger partial charge in [-0.3, -0.25) is 19.7 Å². The van der Waals surface area contributed by atoms with Crippen molar-refractivity contribution in [3.05, 3.63) is 199 Å². The molecule has 9 rings (SSSR count). The third-order valence-electron chi connectivity index (χ3n) is 14.6. The Hall–Kier alpha value is -15.2. The van der Waals surface area contributed by atoms with Crippen LogP contribution in [0.1, 0.15) is 122 Å². The lowest BCUT2D eigenvalue weighted by atomic mass is 9.79. The van der Waals surface area contributed by atoms with E-state index >= 15 is 0 Å². The van der Waals surface area contributed by atoms with Gasteiger partial charge in [0.25, 0.3) is 0 Å². The van der Waals surface area contributed by atoms with E-state index in [0.717, 1.165) is 57.1 Å². The van der Waals surface area contributed by atoms with E-state index in [9.17, 15) is 4.79 Å². The molecule has 2 aliphatic rings. The fourth-order valence-electron chi connectivity index (χ4n) is 9.87. The molecule has 0 unspecified atom stereocenters.